The third-order valence-electron chi connectivity index (χ3n) is 5.85. The first kappa shape index (κ1) is 23.9. The van der Waals surface area contributed by atoms with Crippen LogP contribution in [0.3, 0.4) is 0 Å². The zero-order chi connectivity index (χ0) is 22.2. The number of hydrogen-bond donors (Lipinski definition) is 2. The van der Waals surface area contributed by atoms with Gasteiger partial charge in [-0.05, 0) is 49.9 Å². The molecule has 11 heteroatoms. The van der Waals surface area contributed by atoms with Crippen molar-refractivity contribution in [1.82, 2.24) is 0 Å². The highest BCUT2D eigenvalue weighted by Crippen LogP contribution is 2.54. The molecule has 0 aromatic carbocycles. The van der Waals surface area contributed by atoms with Crippen molar-refractivity contribution in [2.45, 2.75) is 68.9 Å². The van der Waals surface area contributed by atoms with Gasteiger partial charge in [-0.15, -0.1) is 0 Å². The van der Waals surface area contributed by atoms with E-state index >= 15 is 0 Å². The quantitative estimate of drug-likeness (QED) is 0.278. The highest BCUT2D eigenvalue weighted by atomic mass is 19.4. The number of methoxy groups -OCH3 is 1. The normalized spacial score (nSPS) is 28.9. The molecule has 29 heavy (non-hydrogen) atoms. The van der Waals surface area contributed by atoms with Crippen LogP contribution in [0.5, 0.6) is 0 Å². The third kappa shape index (κ3) is 5.24. The van der Waals surface area contributed by atoms with Crippen molar-refractivity contribution in [1.29, 1.82) is 0 Å². The maximum absolute atomic E-state index is 13.0. The molecule has 0 amide bonds. The average Bonchev–Trinajstić information content (AvgIpc) is 2.85. The van der Waals surface area contributed by atoms with E-state index in [0.29, 0.717) is 12.8 Å². The summed E-state index contributed by atoms with van der Waals surface area (Å²) in [6.07, 6.45) is -14.3. The molecule has 2 bridgehead atoms. The van der Waals surface area contributed by atoms with E-state index in [1.165, 1.54) is 7.11 Å². The summed E-state index contributed by atoms with van der Waals surface area (Å²) in [6.45, 7) is 3.48. The minimum atomic E-state index is -5.84. The zero-order valence-corrected chi connectivity index (χ0v) is 15.7. The van der Waals surface area contributed by atoms with Crippen LogP contribution in [0, 0.1) is 17.8 Å². The SMILES string of the molecule is C=C(CC(O)OC)C(=O)OC1CC2CC(C1)C(CC(O)(C(F)(F)F)C(F)(F)F)C2. The van der Waals surface area contributed by atoms with Gasteiger partial charge in [0.2, 0.25) is 0 Å². The molecule has 2 saturated carbocycles. The summed E-state index contributed by atoms with van der Waals surface area (Å²) >= 11 is 0. The summed E-state index contributed by atoms with van der Waals surface area (Å²) in [5, 5.41) is 18.8. The van der Waals surface area contributed by atoms with Crippen LogP contribution in [-0.2, 0) is 14.3 Å². The number of esters is 1. The lowest BCUT2D eigenvalue weighted by molar-refractivity contribution is -0.373. The van der Waals surface area contributed by atoms with E-state index in [1.54, 1.807) is 0 Å². The molecular formula is C18H24F6O5. The van der Waals surface area contributed by atoms with Gasteiger partial charge in [0.05, 0.1) is 0 Å². The lowest BCUT2D eigenvalue weighted by Gasteiger charge is -2.36. The van der Waals surface area contributed by atoms with Gasteiger partial charge >= 0.3 is 18.3 Å². The molecule has 168 valence electrons. The molecular weight excluding hydrogens is 410 g/mol. The van der Waals surface area contributed by atoms with Gasteiger partial charge in [-0.1, -0.05) is 6.58 Å². The van der Waals surface area contributed by atoms with Crippen LogP contribution >= 0.6 is 0 Å². The fourth-order valence-corrected chi connectivity index (χ4v) is 4.35. The van der Waals surface area contributed by atoms with Crippen molar-refractivity contribution in [2.24, 2.45) is 17.8 Å². The Bertz CT molecular complexity index is 603. The highest BCUT2D eigenvalue weighted by molar-refractivity contribution is 5.87. The van der Waals surface area contributed by atoms with Crippen molar-refractivity contribution in [3.05, 3.63) is 12.2 Å². The maximum atomic E-state index is 13.0. The Morgan fingerprint density at radius 2 is 1.69 bits per heavy atom. The fourth-order valence-electron chi connectivity index (χ4n) is 4.35. The number of aliphatic hydroxyl groups excluding tert-OH is 1. The van der Waals surface area contributed by atoms with Crippen LogP contribution in [0.15, 0.2) is 12.2 Å². The zero-order valence-electron chi connectivity index (χ0n) is 15.7. The second kappa shape index (κ2) is 8.43. The van der Waals surface area contributed by atoms with Crippen LogP contribution in [0.25, 0.3) is 0 Å². The molecule has 5 unspecified atom stereocenters. The number of carbonyl (C=O) groups excluding carboxylic acids is 1. The van der Waals surface area contributed by atoms with Crippen molar-refractivity contribution < 1.29 is 50.8 Å². The van der Waals surface area contributed by atoms with E-state index in [-0.39, 0.29) is 30.8 Å². The Labute approximate surface area is 163 Å². The van der Waals surface area contributed by atoms with E-state index in [1.807, 2.05) is 0 Å². The molecule has 2 rings (SSSR count). The van der Waals surface area contributed by atoms with E-state index in [4.69, 9.17) is 4.74 Å². The summed E-state index contributed by atoms with van der Waals surface area (Å²) in [5.41, 5.74) is -4.82. The Morgan fingerprint density at radius 1 is 1.10 bits per heavy atom. The molecule has 0 aromatic heterocycles. The number of halogens is 6. The first-order chi connectivity index (χ1) is 13.2. The van der Waals surface area contributed by atoms with E-state index in [0.717, 1.165) is 0 Å². The van der Waals surface area contributed by atoms with Gasteiger partial charge in [0.25, 0.3) is 5.60 Å². The third-order valence-corrected chi connectivity index (χ3v) is 5.85. The molecule has 0 radical (unpaired) electrons. The number of hydrogen-bond acceptors (Lipinski definition) is 5. The minimum Gasteiger partial charge on any atom is -0.459 e. The molecule has 0 aromatic rings. The molecule has 5 nitrogen and oxygen atoms in total. The van der Waals surface area contributed by atoms with Crippen LogP contribution in [0.4, 0.5) is 26.3 Å². The lowest BCUT2D eigenvalue weighted by atomic mass is 9.80. The molecule has 0 aliphatic heterocycles. The first-order valence-corrected chi connectivity index (χ1v) is 9.13. The molecule has 2 aliphatic carbocycles. The summed E-state index contributed by atoms with van der Waals surface area (Å²) in [7, 11) is 1.23. The minimum absolute atomic E-state index is 0.0580. The lowest BCUT2D eigenvalue weighted by Crippen LogP contribution is -2.58. The fraction of sp³-hybridized carbons (Fsp3) is 0.833. The largest absolute Gasteiger partial charge is 0.459 e. The highest BCUT2D eigenvalue weighted by Gasteiger charge is 2.71. The summed E-state index contributed by atoms with van der Waals surface area (Å²) in [4.78, 5) is 12.0. The Balaban J connectivity index is 2.02. The van der Waals surface area contributed by atoms with Crippen LogP contribution < -0.4 is 0 Å². The maximum Gasteiger partial charge on any atom is 0.426 e. The topological polar surface area (TPSA) is 76.0 Å². The first-order valence-electron chi connectivity index (χ1n) is 9.13. The monoisotopic (exact) mass is 434 g/mol. The molecule has 0 spiro atoms. The molecule has 0 saturated heterocycles. The standard InChI is InChI=1S/C18H24F6O5/c1-9(3-14(25)28-2)15(26)29-13-6-10-4-11(7-13)12(5-10)8-16(27,17(19,20)21)18(22,23)24/h10-14,25,27H,1,3-8H2,2H3. The number of aliphatic hydroxyl groups is 2. The van der Waals surface area contributed by atoms with E-state index in [9.17, 15) is 41.4 Å². The Kier molecular flexibility index (Phi) is 6.96. The summed E-state index contributed by atoms with van der Waals surface area (Å²) in [6, 6.07) is 0. The molecule has 0 heterocycles. The van der Waals surface area contributed by atoms with Crippen LogP contribution in [0.1, 0.15) is 38.5 Å². The number of rotatable bonds is 7. The second-order valence-corrected chi connectivity index (χ2v) is 7.91. The smallest absolute Gasteiger partial charge is 0.426 e. The molecule has 2 fully saturated rings. The van der Waals surface area contributed by atoms with Gasteiger partial charge in [-0.3, -0.25) is 0 Å². The van der Waals surface area contributed by atoms with Gasteiger partial charge in [-0.25, -0.2) is 4.79 Å². The van der Waals surface area contributed by atoms with Gasteiger partial charge in [-0.2, -0.15) is 26.3 Å². The molecule has 2 N–H and O–H groups in total. The summed E-state index contributed by atoms with van der Waals surface area (Å²) in [5.74, 6) is -2.51. The number of carbonyl (C=O) groups is 1. The predicted octanol–water partition coefficient (Wildman–Crippen LogP) is 3.49. The Hall–Kier alpha value is -1.33. The second-order valence-electron chi connectivity index (χ2n) is 7.91. The molecule has 5 atom stereocenters. The van der Waals surface area contributed by atoms with E-state index in [2.05, 4.69) is 11.3 Å². The average molecular weight is 434 g/mol. The van der Waals surface area contributed by atoms with Gasteiger partial charge in [0, 0.05) is 19.1 Å². The van der Waals surface area contributed by atoms with Crippen molar-refractivity contribution >= 4 is 5.97 Å². The summed E-state index contributed by atoms with van der Waals surface area (Å²) < 4.78 is 87.8. The molecule has 2 aliphatic rings. The number of alkyl halides is 6. The number of ether oxygens (including phenoxy) is 2. The Morgan fingerprint density at radius 3 is 2.21 bits per heavy atom. The van der Waals surface area contributed by atoms with Gasteiger partial charge in [0.1, 0.15) is 6.10 Å². The van der Waals surface area contributed by atoms with Crippen LogP contribution in [-0.4, -0.2) is 53.6 Å². The van der Waals surface area contributed by atoms with Gasteiger partial charge < -0.3 is 19.7 Å². The van der Waals surface area contributed by atoms with Gasteiger partial charge in [0.15, 0.2) is 6.29 Å². The van der Waals surface area contributed by atoms with E-state index < -0.39 is 54.6 Å². The predicted molar refractivity (Wildman–Crippen MR) is 87.3 cm³/mol. The number of fused-ring (bicyclic) bond motifs is 2. The van der Waals surface area contributed by atoms with Crippen molar-refractivity contribution in [3.8, 4) is 0 Å². The van der Waals surface area contributed by atoms with Crippen molar-refractivity contribution in [2.75, 3.05) is 7.11 Å². The van der Waals surface area contributed by atoms with Crippen molar-refractivity contribution in [3.63, 3.8) is 0 Å². The van der Waals surface area contributed by atoms with Crippen LogP contribution in [0.2, 0.25) is 0 Å².